The average Bonchev–Trinajstić information content (AvgIpc) is 2.47. The lowest BCUT2D eigenvalue weighted by atomic mass is 10.4. The van der Waals surface area contributed by atoms with Crippen LogP contribution in [0.2, 0.25) is 0 Å². The second kappa shape index (κ2) is 2.51. The molecule has 0 radical (unpaired) electrons. The third-order valence-electron chi connectivity index (χ3n) is 1.67. The van der Waals surface area contributed by atoms with Gasteiger partial charge in [-0.2, -0.15) is 10.2 Å². The van der Waals surface area contributed by atoms with Crippen molar-refractivity contribution in [1.82, 2.24) is 25.2 Å². The van der Waals surface area contributed by atoms with Gasteiger partial charge in [0.1, 0.15) is 11.0 Å². The summed E-state index contributed by atoms with van der Waals surface area (Å²) in [6.45, 7) is 4.10. The molecular formula is C7H9N5. The molecule has 12 heavy (non-hydrogen) atoms. The van der Waals surface area contributed by atoms with Gasteiger partial charge in [0, 0.05) is 6.04 Å². The maximum Gasteiger partial charge on any atom is 0.134 e. The van der Waals surface area contributed by atoms with Crippen LogP contribution in [0.15, 0.2) is 12.4 Å². The molecule has 2 aromatic heterocycles. The van der Waals surface area contributed by atoms with Crippen LogP contribution in [0.1, 0.15) is 19.9 Å². The molecule has 5 heteroatoms. The minimum Gasteiger partial charge on any atom is -0.240 e. The average molecular weight is 163 g/mol. The SMILES string of the molecule is CC(C)n1nnc2cnncc21. The molecule has 0 amide bonds. The number of fused-ring (bicyclic) bond motifs is 1. The standard InChI is InChI=1S/C7H9N5/c1-5(2)12-7-4-9-8-3-6(7)10-11-12/h3-5H,1-2H3. The smallest absolute Gasteiger partial charge is 0.134 e. The molecule has 0 saturated carbocycles. The minimum atomic E-state index is 0.305. The van der Waals surface area contributed by atoms with Crippen LogP contribution in [-0.4, -0.2) is 25.2 Å². The van der Waals surface area contributed by atoms with Crippen LogP contribution in [0.3, 0.4) is 0 Å². The Labute approximate surface area is 69.4 Å². The lowest BCUT2D eigenvalue weighted by Gasteiger charge is -2.03. The zero-order valence-corrected chi connectivity index (χ0v) is 6.97. The highest BCUT2D eigenvalue weighted by Crippen LogP contribution is 2.11. The van der Waals surface area contributed by atoms with E-state index in [-0.39, 0.29) is 0 Å². The number of hydrogen-bond acceptors (Lipinski definition) is 4. The Hall–Kier alpha value is -1.52. The number of nitrogens with zero attached hydrogens (tertiary/aromatic N) is 5. The van der Waals surface area contributed by atoms with E-state index in [0.29, 0.717) is 6.04 Å². The topological polar surface area (TPSA) is 56.5 Å². The Morgan fingerprint density at radius 1 is 1.25 bits per heavy atom. The molecule has 0 N–H and O–H groups in total. The fourth-order valence-electron chi connectivity index (χ4n) is 1.09. The van der Waals surface area contributed by atoms with Crippen LogP contribution < -0.4 is 0 Å². The fraction of sp³-hybridized carbons (Fsp3) is 0.429. The van der Waals surface area contributed by atoms with Gasteiger partial charge in [0.25, 0.3) is 0 Å². The van der Waals surface area contributed by atoms with Crippen molar-refractivity contribution in [2.75, 3.05) is 0 Å². The summed E-state index contributed by atoms with van der Waals surface area (Å²) < 4.78 is 1.82. The van der Waals surface area contributed by atoms with Gasteiger partial charge in [0.05, 0.1) is 12.4 Å². The summed E-state index contributed by atoms with van der Waals surface area (Å²) in [6.07, 6.45) is 3.29. The van der Waals surface area contributed by atoms with Crippen molar-refractivity contribution in [2.45, 2.75) is 19.9 Å². The van der Waals surface area contributed by atoms with Crippen LogP contribution in [0.25, 0.3) is 11.0 Å². The van der Waals surface area contributed by atoms with Crippen molar-refractivity contribution in [2.24, 2.45) is 0 Å². The summed E-state index contributed by atoms with van der Waals surface area (Å²) in [4.78, 5) is 0. The van der Waals surface area contributed by atoms with E-state index in [2.05, 4.69) is 34.4 Å². The van der Waals surface area contributed by atoms with Crippen molar-refractivity contribution in [1.29, 1.82) is 0 Å². The molecular weight excluding hydrogens is 154 g/mol. The van der Waals surface area contributed by atoms with E-state index in [4.69, 9.17) is 0 Å². The Morgan fingerprint density at radius 3 is 2.75 bits per heavy atom. The molecule has 2 heterocycles. The van der Waals surface area contributed by atoms with Gasteiger partial charge in [0.15, 0.2) is 0 Å². The van der Waals surface area contributed by atoms with E-state index in [1.165, 1.54) is 0 Å². The fourth-order valence-corrected chi connectivity index (χ4v) is 1.09. The zero-order valence-electron chi connectivity index (χ0n) is 6.97. The Morgan fingerprint density at radius 2 is 2.00 bits per heavy atom. The predicted octanol–water partition coefficient (Wildman–Crippen LogP) is 0.802. The van der Waals surface area contributed by atoms with Gasteiger partial charge in [-0.15, -0.1) is 5.10 Å². The van der Waals surface area contributed by atoms with Crippen LogP contribution in [0.4, 0.5) is 0 Å². The van der Waals surface area contributed by atoms with Crippen molar-refractivity contribution in [3.8, 4) is 0 Å². The van der Waals surface area contributed by atoms with Crippen LogP contribution >= 0.6 is 0 Å². The number of rotatable bonds is 1. The van der Waals surface area contributed by atoms with Crippen molar-refractivity contribution >= 4 is 11.0 Å². The highest BCUT2D eigenvalue weighted by Gasteiger charge is 2.06. The molecule has 0 aromatic carbocycles. The molecule has 0 aliphatic heterocycles. The van der Waals surface area contributed by atoms with E-state index in [1.807, 2.05) is 4.68 Å². The van der Waals surface area contributed by atoms with Crippen molar-refractivity contribution < 1.29 is 0 Å². The van der Waals surface area contributed by atoms with E-state index in [1.54, 1.807) is 12.4 Å². The van der Waals surface area contributed by atoms with Gasteiger partial charge < -0.3 is 0 Å². The van der Waals surface area contributed by atoms with Gasteiger partial charge in [-0.25, -0.2) is 4.68 Å². The summed E-state index contributed by atoms with van der Waals surface area (Å²) in [7, 11) is 0. The predicted molar refractivity (Wildman–Crippen MR) is 43.5 cm³/mol. The van der Waals surface area contributed by atoms with Gasteiger partial charge in [-0.1, -0.05) is 5.21 Å². The molecule has 0 fully saturated rings. The summed E-state index contributed by atoms with van der Waals surface area (Å²) in [6, 6.07) is 0.305. The molecule has 0 spiro atoms. The molecule has 0 unspecified atom stereocenters. The molecule has 2 aromatic rings. The summed E-state index contributed by atoms with van der Waals surface area (Å²) >= 11 is 0. The maximum atomic E-state index is 3.98. The molecule has 0 atom stereocenters. The first-order valence-electron chi connectivity index (χ1n) is 3.80. The minimum absolute atomic E-state index is 0.305. The molecule has 0 bridgehead atoms. The van der Waals surface area contributed by atoms with Crippen LogP contribution in [-0.2, 0) is 0 Å². The van der Waals surface area contributed by atoms with Crippen LogP contribution in [0, 0.1) is 0 Å². The first-order chi connectivity index (χ1) is 5.79. The third kappa shape index (κ3) is 0.939. The molecule has 5 nitrogen and oxygen atoms in total. The summed E-state index contributed by atoms with van der Waals surface area (Å²) in [5.41, 5.74) is 1.72. The molecule has 0 aliphatic rings. The maximum absolute atomic E-state index is 3.98. The quantitative estimate of drug-likeness (QED) is 0.624. The first kappa shape index (κ1) is 7.15. The molecule has 0 saturated heterocycles. The van der Waals surface area contributed by atoms with E-state index >= 15 is 0 Å². The molecule has 62 valence electrons. The third-order valence-corrected chi connectivity index (χ3v) is 1.67. The first-order valence-corrected chi connectivity index (χ1v) is 3.80. The number of aromatic nitrogens is 5. The van der Waals surface area contributed by atoms with E-state index < -0.39 is 0 Å². The van der Waals surface area contributed by atoms with Gasteiger partial charge >= 0.3 is 0 Å². The lowest BCUT2D eigenvalue weighted by Crippen LogP contribution is -2.02. The lowest BCUT2D eigenvalue weighted by molar-refractivity contribution is 0.529. The molecule has 2 rings (SSSR count). The van der Waals surface area contributed by atoms with Crippen LogP contribution in [0.5, 0.6) is 0 Å². The highest BCUT2D eigenvalue weighted by molar-refractivity contribution is 5.71. The molecule has 0 aliphatic carbocycles. The van der Waals surface area contributed by atoms with E-state index in [0.717, 1.165) is 11.0 Å². The van der Waals surface area contributed by atoms with Gasteiger partial charge in [-0.05, 0) is 13.8 Å². The number of hydrogen-bond donors (Lipinski definition) is 0. The van der Waals surface area contributed by atoms with Crippen molar-refractivity contribution in [3.05, 3.63) is 12.4 Å². The summed E-state index contributed by atoms with van der Waals surface area (Å²) in [5, 5.41) is 15.4. The zero-order chi connectivity index (χ0) is 8.55. The monoisotopic (exact) mass is 163 g/mol. The van der Waals surface area contributed by atoms with Crippen molar-refractivity contribution in [3.63, 3.8) is 0 Å². The van der Waals surface area contributed by atoms with Gasteiger partial charge in [0.2, 0.25) is 0 Å². The Kier molecular flexibility index (Phi) is 1.49. The normalized spacial score (nSPS) is 11.2. The second-order valence-corrected chi connectivity index (χ2v) is 2.89. The van der Waals surface area contributed by atoms with E-state index in [9.17, 15) is 0 Å². The Balaban J connectivity index is 2.70. The summed E-state index contributed by atoms with van der Waals surface area (Å²) in [5.74, 6) is 0. The Bertz CT molecular complexity index is 391. The largest absolute Gasteiger partial charge is 0.240 e. The van der Waals surface area contributed by atoms with Gasteiger partial charge in [-0.3, -0.25) is 0 Å². The highest BCUT2D eigenvalue weighted by atomic mass is 15.4. The second-order valence-electron chi connectivity index (χ2n) is 2.89.